The lowest BCUT2D eigenvalue weighted by Gasteiger charge is -2.09. The second kappa shape index (κ2) is 8.36. The van der Waals surface area contributed by atoms with E-state index in [2.05, 4.69) is 0 Å². The molecule has 0 N–H and O–H groups in total. The smallest absolute Gasteiger partial charge is 0.347 e. The first-order chi connectivity index (χ1) is 14.9. The summed E-state index contributed by atoms with van der Waals surface area (Å²) >= 11 is 0. The van der Waals surface area contributed by atoms with Crippen LogP contribution < -0.4 is 19.6 Å². The molecule has 0 saturated heterocycles. The Labute approximate surface area is 178 Å². The highest BCUT2D eigenvalue weighted by molar-refractivity contribution is 5.94. The zero-order valence-corrected chi connectivity index (χ0v) is 17.3. The van der Waals surface area contributed by atoms with E-state index in [0.717, 1.165) is 11.1 Å². The van der Waals surface area contributed by atoms with Crippen LogP contribution in [0.15, 0.2) is 76.1 Å². The quantitative estimate of drug-likeness (QED) is 0.319. The van der Waals surface area contributed by atoms with Gasteiger partial charge in [-0.15, -0.1) is 0 Å². The van der Waals surface area contributed by atoms with Crippen LogP contribution in [-0.2, 0) is 0 Å². The first-order valence-electron chi connectivity index (χ1n) is 9.61. The molecule has 0 aliphatic carbocycles. The lowest BCUT2D eigenvalue weighted by molar-refractivity contribution is 0.0731. The Bertz CT molecular complexity index is 1320. The fourth-order valence-electron chi connectivity index (χ4n) is 3.32. The Hall–Kier alpha value is -4.06. The van der Waals surface area contributed by atoms with Gasteiger partial charge in [-0.1, -0.05) is 18.2 Å². The van der Waals surface area contributed by atoms with E-state index in [9.17, 15) is 9.59 Å². The second-order valence-corrected chi connectivity index (χ2v) is 7.10. The zero-order valence-electron chi connectivity index (χ0n) is 17.3. The molecule has 0 radical (unpaired) electrons. The van der Waals surface area contributed by atoms with E-state index in [1.165, 1.54) is 25.5 Å². The lowest BCUT2D eigenvalue weighted by Crippen LogP contribution is -2.10. The summed E-state index contributed by atoms with van der Waals surface area (Å²) in [5, 5.41) is 0.318. The summed E-state index contributed by atoms with van der Waals surface area (Å²) in [6, 6.07) is 17.0. The molecule has 4 rings (SSSR count). The first-order valence-corrected chi connectivity index (χ1v) is 9.61. The highest BCUT2D eigenvalue weighted by Crippen LogP contribution is 2.26. The molecule has 6 heteroatoms. The number of ether oxygens (including phenoxy) is 3. The van der Waals surface area contributed by atoms with E-state index < -0.39 is 5.97 Å². The summed E-state index contributed by atoms with van der Waals surface area (Å²) in [5.41, 5.74) is 2.32. The maximum Gasteiger partial charge on any atom is 0.347 e. The van der Waals surface area contributed by atoms with Crippen molar-refractivity contribution < 1.29 is 23.4 Å². The molecule has 0 amide bonds. The molecule has 0 unspecified atom stereocenters. The van der Waals surface area contributed by atoms with E-state index >= 15 is 0 Å². The fraction of sp³-hybridized carbons (Fsp3) is 0.120. The topological polar surface area (TPSA) is 75.0 Å². The van der Waals surface area contributed by atoms with Gasteiger partial charge >= 0.3 is 5.97 Å². The second-order valence-electron chi connectivity index (χ2n) is 7.10. The van der Waals surface area contributed by atoms with Crippen LogP contribution in [0, 0.1) is 13.8 Å². The van der Waals surface area contributed by atoms with E-state index in [1.54, 1.807) is 30.3 Å². The van der Waals surface area contributed by atoms with Gasteiger partial charge in [0.1, 0.15) is 34.7 Å². The number of aryl methyl sites for hydroxylation is 2. The van der Waals surface area contributed by atoms with Crippen molar-refractivity contribution in [3.8, 4) is 23.0 Å². The van der Waals surface area contributed by atoms with Crippen LogP contribution in [0.25, 0.3) is 11.0 Å². The van der Waals surface area contributed by atoms with Gasteiger partial charge in [0.25, 0.3) is 0 Å². The molecular formula is C25H20O6. The van der Waals surface area contributed by atoms with Crippen LogP contribution in [0.2, 0.25) is 0 Å². The summed E-state index contributed by atoms with van der Waals surface area (Å²) in [5.74, 6) is 0.722. The zero-order chi connectivity index (χ0) is 22.0. The highest BCUT2D eigenvalue weighted by atomic mass is 16.5. The number of para-hydroxylation sites is 1. The lowest BCUT2D eigenvalue weighted by atomic mass is 10.1. The minimum absolute atomic E-state index is 0.0799. The molecule has 0 atom stereocenters. The van der Waals surface area contributed by atoms with E-state index in [-0.39, 0.29) is 22.5 Å². The number of benzene rings is 3. The number of rotatable bonds is 5. The van der Waals surface area contributed by atoms with Crippen molar-refractivity contribution in [3.05, 3.63) is 93.8 Å². The van der Waals surface area contributed by atoms with Crippen LogP contribution >= 0.6 is 0 Å². The van der Waals surface area contributed by atoms with Gasteiger partial charge in [-0.25, -0.2) is 4.79 Å². The molecule has 0 bridgehead atoms. The Morgan fingerprint density at radius 3 is 2.35 bits per heavy atom. The average molecular weight is 416 g/mol. The van der Waals surface area contributed by atoms with Crippen molar-refractivity contribution in [3.63, 3.8) is 0 Å². The summed E-state index contributed by atoms with van der Waals surface area (Å²) in [6.45, 7) is 3.91. The van der Waals surface area contributed by atoms with Crippen LogP contribution in [0.3, 0.4) is 0 Å². The van der Waals surface area contributed by atoms with Crippen molar-refractivity contribution >= 4 is 16.9 Å². The maximum absolute atomic E-state index is 12.8. The molecular weight excluding hydrogens is 396 g/mol. The molecule has 1 heterocycles. The summed E-state index contributed by atoms with van der Waals surface area (Å²) < 4.78 is 22.0. The Kier molecular flexibility index (Phi) is 5.45. The Morgan fingerprint density at radius 2 is 1.61 bits per heavy atom. The van der Waals surface area contributed by atoms with E-state index in [1.807, 2.05) is 32.0 Å². The van der Waals surface area contributed by atoms with Gasteiger partial charge < -0.3 is 18.6 Å². The van der Waals surface area contributed by atoms with E-state index in [0.29, 0.717) is 22.4 Å². The van der Waals surface area contributed by atoms with Gasteiger partial charge in [-0.05, 0) is 61.4 Å². The molecule has 0 saturated carbocycles. The van der Waals surface area contributed by atoms with Crippen LogP contribution in [0.1, 0.15) is 21.5 Å². The third-order valence-corrected chi connectivity index (χ3v) is 4.67. The number of methoxy groups -OCH3 is 1. The third kappa shape index (κ3) is 4.28. The fourth-order valence-corrected chi connectivity index (χ4v) is 3.32. The Morgan fingerprint density at radius 1 is 0.871 bits per heavy atom. The predicted molar refractivity (Wildman–Crippen MR) is 116 cm³/mol. The molecule has 31 heavy (non-hydrogen) atoms. The van der Waals surface area contributed by atoms with Crippen LogP contribution in [0.4, 0.5) is 0 Å². The first kappa shape index (κ1) is 20.2. The van der Waals surface area contributed by atoms with Crippen molar-refractivity contribution in [2.75, 3.05) is 7.11 Å². The van der Waals surface area contributed by atoms with Gasteiger partial charge in [0.2, 0.25) is 11.2 Å². The minimum Gasteiger partial charge on any atom is -0.496 e. The minimum atomic E-state index is -0.575. The molecule has 4 aromatic rings. The maximum atomic E-state index is 12.8. The monoisotopic (exact) mass is 416 g/mol. The number of hydrogen-bond acceptors (Lipinski definition) is 6. The van der Waals surface area contributed by atoms with Gasteiger partial charge in [-0.2, -0.15) is 0 Å². The van der Waals surface area contributed by atoms with Crippen molar-refractivity contribution in [1.29, 1.82) is 0 Å². The number of fused-ring (bicyclic) bond motifs is 1. The Balaban J connectivity index is 1.61. The molecule has 1 aromatic heterocycles. The summed E-state index contributed by atoms with van der Waals surface area (Å²) in [7, 11) is 1.48. The average Bonchev–Trinajstić information content (AvgIpc) is 2.75. The van der Waals surface area contributed by atoms with Gasteiger partial charge in [0.15, 0.2) is 0 Å². The van der Waals surface area contributed by atoms with Crippen molar-refractivity contribution in [2.24, 2.45) is 0 Å². The third-order valence-electron chi connectivity index (χ3n) is 4.67. The van der Waals surface area contributed by atoms with Crippen LogP contribution in [-0.4, -0.2) is 13.1 Å². The van der Waals surface area contributed by atoms with Crippen LogP contribution in [0.5, 0.6) is 23.0 Å². The number of carbonyl (C=O) groups is 1. The molecule has 0 spiro atoms. The molecule has 3 aromatic carbocycles. The standard InChI is InChI=1S/C25H20O6/c1-15-10-16(2)12-18(11-15)30-23-14-29-22-13-17(8-9-19(22)24(23)26)31-25(27)20-6-4-5-7-21(20)28-3/h4-14H,1-3H3. The predicted octanol–water partition coefficient (Wildman–Crippen LogP) is 5.43. The normalized spacial score (nSPS) is 10.7. The summed E-state index contributed by atoms with van der Waals surface area (Å²) in [4.78, 5) is 25.3. The molecule has 156 valence electrons. The van der Waals surface area contributed by atoms with Gasteiger partial charge in [0, 0.05) is 6.07 Å². The highest BCUT2D eigenvalue weighted by Gasteiger charge is 2.16. The SMILES string of the molecule is COc1ccccc1C(=O)Oc1ccc2c(=O)c(Oc3cc(C)cc(C)c3)coc2c1. The van der Waals surface area contributed by atoms with Crippen molar-refractivity contribution in [1.82, 2.24) is 0 Å². The van der Waals surface area contributed by atoms with Gasteiger partial charge in [0.05, 0.1) is 12.5 Å². The molecule has 6 nitrogen and oxygen atoms in total. The molecule has 0 fully saturated rings. The van der Waals surface area contributed by atoms with Gasteiger partial charge in [-0.3, -0.25) is 4.79 Å². The van der Waals surface area contributed by atoms with Crippen molar-refractivity contribution in [2.45, 2.75) is 13.8 Å². The molecule has 0 aliphatic heterocycles. The number of hydrogen-bond donors (Lipinski definition) is 0. The largest absolute Gasteiger partial charge is 0.496 e. The number of carbonyl (C=O) groups excluding carboxylic acids is 1. The number of esters is 1. The molecule has 0 aliphatic rings. The van der Waals surface area contributed by atoms with E-state index in [4.69, 9.17) is 18.6 Å². The summed E-state index contributed by atoms with van der Waals surface area (Å²) in [6.07, 6.45) is 1.26.